The highest BCUT2D eigenvalue weighted by molar-refractivity contribution is 7.92. The molecular weight excluding hydrogens is 432 g/mol. The molecule has 0 spiro atoms. The van der Waals surface area contributed by atoms with Crippen molar-refractivity contribution in [3.63, 3.8) is 0 Å². The van der Waals surface area contributed by atoms with Crippen molar-refractivity contribution in [2.24, 2.45) is 0 Å². The minimum absolute atomic E-state index is 0.0360. The van der Waals surface area contributed by atoms with Crippen LogP contribution in [0.5, 0.6) is 0 Å². The number of anilines is 2. The lowest BCUT2D eigenvalue weighted by Crippen LogP contribution is -2.16. The molecule has 4 rings (SSSR count). The van der Waals surface area contributed by atoms with Crippen LogP contribution in [-0.2, 0) is 10.0 Å². The van der Waals surface area contributed by atoms with E-state index in [4.69, 9.17) is 4.42 Å². The summed E-state index contributed by atoms with van der Waals surface area (Å²) in [6.45, 7) is 3.67. The van der Waals surface area contributed by atoms with Crippen LogP contribution in [0, 0.1) is 13.8 Å². The summed E-state index contributed by atoms with van der Waals surface area (Å²) in [6.07, 6.45) is 2.83. The zero-order chi connectivity index (χ0) is 22.9. The third-order valence-corrected chi connectivity index (χ3v) is 5.95. The molecule has 0 bridgehead atoms. The van der Waals surface area contributed by atoms with Crippen LogP contribution in [0.1, 0.15) is 21.7 Å². The molecule has 2 heterocycles. The molecule has 0 radical (unpaired) electrons. The van der Waals surface area contributed by atoms with Gasteiger partial charge in [-0.2, -0.15) is 0 Å². The second-order valence-electron chi connectivity index (χ2n) is 7.09. The first-order chi connectivity index (χ1) is 15.2. The van der Waals surface area contributed by atoms with Crippen LogP contribution >= 0.6 is 0 Å². The summed E-state index contributed by atoms with van der Waals surface area (Å²) in [5.74, 6) is -0.830. The first kappa shape index (κ1) is 21.2. The van der Waals surface area contributed by atoms with Crippen LogP contribution in [0.3, 0.4) is 0 Å². The molecule has 0 aliphatic rings. The monoisotopic (exact) mass is 450 g/mol. The highest BCUT2D eigenvalue weighted by atomic mass is 32.2. The number of aryl methyl sites for hydroxylation is 2. The minimum atomic E-state index is -3.90. The number of hydrogen-bond donors (Lipinski definition) is 2. The number of carbonyl (C=O) groups excluding carboxylic acids is 1. The van der Waals surface area contributed by atoms with Crippen LogP contribution in [0.15, 0.2) is 75.0 Å². The lowest BCUT2D eigenvalue weighted by Gasteiger charge is -2.09. The van der Waals surface area contributed by atoms with Gasteiger partial charge in [-0.15, -0.1) is 0 Å². The summed E-state index contributed by atoms with van der Waals surface area (Å²) in [5.41, 5.74) is 2.02. The molecule has 32 heavy (non-hydrogen) atoms. The number of nitrogens with one attached hydrogen (secondary N) is 2. The number of rotatable bonds is 5. The molecule has 0 unspecified atom stereocenters. The fourth-order valence-electron chi connectivity index (χ4n) is 3.22. The van der Waals surface area contributed by atoms with E-state index in [0.29, 0.717) is 16.7 Å². The first-order valence-corrected chi connectivity index (χ1v) is 11.0. The number of sulfonamides is 1. The van der Waals surface area contributed by atoms with E-state index in [2.05, 4.69) is 20.0 Å². The van der Waals surface area contributed by atoms with Crippen molar-refractivity contribution in [1.82, 2.24) is 9.97 Å². The van der Waals surface area contributed by atoms with Gasteiger partial charge in [0.05, 0.1) is 10.3 Å². The Hall–Kier alpha value is -4.05. The molecule has 4 aromatic rings. The Morgan fingerprint density at radius 2 is 1.69 bits per heavy atom. The summed E-state index contributed by atoms with van der Waals surface area (Å²) in [7, 11) is -3.90. The second-order valence-corrected chi connectivity index (χ2v) is 8.77. The lowest BCUT2D eigenvalue weighted by atomic mass is 10.1. The molecule has 0 saturated carbocycles. The van der Waals surface area contributed by atoms with Gasteiger partial charge in [0.25, 0.3) is 15.9 Å². The lowest BCUT2D eigenvalue weighted by molar-refractivity contribution is 0.0997. The maximum atomic E-state index is 12.6. The molecule has 0 atom stereocenters. The quantitative estimate of drug-likeness (QED) is 0.477. The first-order valence-electron chi connectivity index (χ1n) is 9.49. The summed E-state index contributed by atoms with van der Waals surface area (Å²) >= 11 is 0. The Labute approximate surface area is 183 Å². The van der Waals surface area contributed by atoms with E-state index in [1.165, 1.54) is 36.7 Å². The van der Waals surface area contributed by atoms with Crippen molar-refractivity contribution >= 4 is 38.5 Å². The number of carbonyl (C=O) groups is 1. The summed E-state index contributed by atoms with van der Waals surface area (Å²) < 4.78 is 32.8. The number of nitrogens with zero attached hydrogens (tertiary/aromatic N) is 2. The van der Waals surface area contributed by atoms with Crippen LogP contribution in [0.4, 0.5) is 11.6 Å². The van der Waals surface area contributed by atoms with E-state index >= 15 is 0 Å². The smallest absolute Gasteiger partial charge is 0.291 e. The summed E-state index contributed by atoms with van der Waals surface area (Å²) in [5, 5.41) is 3.02. The predicted molar refractivity (Wildman–Crippen MR) is 119 cm³/mol. The molecule has 2 N–H and O–H groups in total. The van der Waals surface area contributed by atoms with Crippen molar-refractivity contribution in [1.29, 1.82) is 0 Å². The molecule has 1 amide bonds. The van der Waals surface area contributed by atoms with Crippen LogP contribution in [0.2, 0.25) is 0 Å². The Balaban J connectivity index is 1.55. The Bertz CT molecular complexity index is 1480. The summed E-state index contributed by atoms with van der Waals surface area (Å²) in [6, 6.07) is 11.8. The molecule has 0 aliphatic heterocycles. The Morgan fingerprint density at radius 3 is 2.38 bits per heavy atom. The molecular formula is C22H18N4O5S. The average molecular weight is 450 g/mol. The molecule has 2 aromatic carbocycles. The van der Waals surface area contributed by atoms with Gasteiger partial charge >= 0.3 is 0 Å². The van der Waals surface area contributed by atoms with Gasteiger partial charge in [-0.05, 0) is 61.4 Å². The highest BCUT2D eigenvalue weighted by Gasteiger charge is 2.17. The Morgan fingerprint density at radius 1 is 1.00 bits per heavy atom. The van der Waals surface area contributed by atoms with Gasteiger partial charge in [0, 0.05) is 24.1 Å². The largest absolute Gasteiger partial charge is 0.451 e. The van der Waals surface area contributed by atoms with Crippen LogP contribution in [0.25, 0.3) is 11.0 Å². The van der Waals surface area contributed by atoms with E-state index in [-0.39, 0.29) is 22.0 Å². The molecule has 10 heteroatoms. The normalized spacial score (nSPS) is 11.3. The number of aromatic nitrogens is 2. The zero-order valence-corrected chi connectivity index (χ0v) is 17.9. The third kappa shape index (κ3) is 4.35. The molecule has 0 saturated heterocycles. The fourth-order valence-corrected chi connectivity index (χ4v) is 4.17. The van der Waals surface area contributed by atoms with Crippen molar-refractivity contribution in [3.8, 4) is 0 Å². The molecule has 0 fully saturated rings. The van der Waals surface area contributed by atoms with Gasteiger partial charge in [-0.3, -0.25) is 9.59 Å². The van der Waals surface area contributed by atoms with Gasteiger partial charge in [-0.25, -0.2) is 23.1 Å². The van der Waals surface area contributed by atoms with Gasteiger partial charge < -0.3 is 9.73 Å². The van der Waals surface area contributed by atoms with E-state index in [0.717, 1.165) is 17.2 Å². The van der Waals surface area contributed by atoms with Gasteiger partial charge in [0.1, 0.15) is 5.58 Å². The molecule has 0 aliphatic carbocycles. The van der Waals surface area contributed by atoms with Gasteiger partial charge in [0.2, 0.25) is 5.95 Å². The van der Waals surface area contributed by atoms with Crippen molar-refractivity contribution in [3.05, 3.63) is 88.0 Å². The maximum Gasteiger partial charge on any atom is 0.291 e. The topological polar surface area (TPSA) is 131 Å². The van der Waals surface area contributed by atoms with E-state index in [1.807, 2.05) is 13.0 Å². The third-order valence-electron chi connectivity index (χ3n) is 4.61. The van der Waals surface area contributed by atoms with E-state index in [9.17, 15) is 18.0 Å². The van der Waals surface area contributed by atoms with Crippen LogP contribution in [-0.4, -0.2) is 24.3 Å². The predicted octanol–water partition coefficient (Wildman–Crippen LogP) is 3.25. The fraction of sp³-hybridized carbons (Fsp3) is 0.0909. The average Bonchev–Trinajstić information content (AvgIpc) is 2.73. The SMILES string of the molecule is Cc1cc(C)c2c(=O)cc(C(=O)Nc3ccc(S(=O)(=O)Nc4ncccn4)cc3)oc2c1. The molecule has 9 nitrogen and oxygen atoms in total. The van der Waals surface area contributed by atoms with Crippen molar-refractivity contribution in [2.75, 3.05) is 10.0 Å². The number of amides is 1. The minimum Gasteiger partial charge on any atom is -0.451 e. The molecule has 162 valence electrons. The second kappa shape index (κ2) is 8.23. The maximum absolute atomic E-state index is 12.6. The van der Waals surface area contributed by atoms with Gasteiger partial charge in [0.15, 0.2) is 11.2 Å². The van der Waals surface area contributed by atoms with Crippen LogP contribution < -0.4 is 15.5 Å². The standard InChI is InChI=1S/C22H18N4O5S/c1-13-10-14(2)20-17(27)12-19(31-18(20)11-13)21(28)25-15-4-6-16(7-5-15)32(29,30)26-22-23-8-3-9-24-22/h3-12H,1-2H3,(H,25,28)(H,23,24,26). The number of hydrogen-bond acceptors (Lipinski definition) is 7. The van der Waals surface area contributed by atoms with Gasteiger partial charge in [-0.1, -0.05) is 6.07 Å². The number of fused-ring (bicyclic) bond motifs is 1. The highest BCUT2D eigenvalue weighted by Crippen LogP contribution is 2.20. The number of benzene rings is 2. The zero-order valence-electron chi connectivity index (χ0n) is 17.1. The van der Waals surface area contributed by atoms with Crippen molar-refractivity contribution in [2.45, 2.75) is 18.7 Å². The van der Waals surface area contributed by atoms with E-state index < -0.39 is 15.9 Å². The van der Waals surface area contributed by atoms with Crippen molar-refractivity contribution < 1.29 is 17.6 Å². The Kier molecular flexibility index (Phi) is 5.45. The molecule has 2 aromatic heterocycles. The van der Waals surface area contributed by atoms with E-state index in [1.54, 1.807) is 19.1 Å². The summed E-state index contributed by atoms with van der Waals surface area (Å²) in [4.78, 5) is 32.7.